The molecule has 10 nitrogen and oxygen atoms in total. The van der Waals surface area contributed by atoms with Crippen molar-refractivity contribution >= 4 is 22.8 Å². The fourth-order valence-corrected chi connectivity index (χ4v) is 3.62. The lowest BCUT2D eigenvalue weighted by atomic mass is 10.1. The lowest BCUT2D eigenvalue weighted by molar-refractivity contribution is 0.451. The van der Waals surface area contributed by atoms with E-state index in [0.717, 1.165) is 18.4 Å². The number of rotatable bonds is 9. The maximum atomic E-state index is 13.0. The highest BCUT2D eigenvalue weighted by molar-refractivity contribution is 6.28. The summed E-state index contributed by atoms with van der Waals surface area (Å²) in [6.07, 6.45) is 2.54. The molecule has 4 rings (SSSR count). The molecule has 0 unspecified atom stereocenters. The largest absolute Gasteiger partial charge is 0.332 e. The van der Waals surface area contributed by atoms with Gasteiger partial charge in [0.05, 0.1) is 6.54 Å². The number of aryl methyl sites for hydroxylation is 2. The standard InChI is InChI=1S/C20H22ClFN8O2/c1-2-3-9-28-17-16(23-19(21)24-17)18(31)29(20(28)32)10-4-11-30-26-15(25-27-30)12-13-5-7-14(22)8-6-13/h5-8H,2-4,9-12H2,1H3,(H,23,24). The number of tetrazole rings is 1. The van der Waals surface area contributed by atoms with Crippen LogP contribution in [0, 0.1) is 5.82 Å². The molecule has 32 heavy (non-hydrogen) atoms. The zero-order valence-electron chi connectivity index (χ0n) is 17.5. The monoisotopic (exact) mass is 460 g/mol. The van der Waals surface area contributed by atoms with Crippen molar-refractivity contribution in [1.29, 1.82) is 0 Å². The molecule has 0 spiro atoms. The molecule has 3 heterocycles. The lowest BCUT2D eigenvalue weighted by Gasteiger charge is -2.10. The summed E-state index contributed by atoms with van der Waals surface area (Å²) in [4.78, 5) is 34.0. The Kier molecular flexibility index (Phi) is 6.45. The summed E-state index contributed by atoms with van der Waals surface area (Å²) in [5, 5.41) is 12.4. The lowest BCUT2D eigenvalue weighted by Crippen LogP contribution is -2.40. The topological polar surface area (TPSA) is 116 Å². The van der Waals surface area contributed by atoms with E-state index in [-0.39, 0.29) is 28.8 Å². The van der Waals surface area contributed by atoms with Gasteiger partial charge in [0.15, 0.2) is 17.0 Å². The number of hydrogen-bond donors (Lipinski definition) is 1. The van der Waals surface area contributed by atoms with E-state index in [4.69, 9.17) is 11.6 Å². The predicted octanol–water partition coefficient (Wildman–Crippen LogP) is 2.15. The van der Waals surface area contributed by atoms with Crippen LogP contribution < -0.4 is 11.2 Å². The van der Waals surface area contributed by atoms with Gasteiger partial charge >= 0.3 is 5.69 Å². The van der Waals surface area contributed by atoms with Crippen molar-refractivity contribution in [1.82, 2.24) is 39.3 Å². The van der Waals surface area contributed by atoms with E-state index in [1.165, 1.54) is 26.1 Å². The van der Waals surface area contributed by atoms with Gasteiger partial charge in [-0.2, -0.15) is 9.78 Å². The Labute approximate surface area is 186 Å². The molecule has 0 saturated heterocycles. The number of aromatic amines is 1. The SMILES string of the molecule is CCCCn1c(=O)n(CCCn2nnc(Cc3ccc(F)cc3)n2)c(=O)c2[nH]c(Cl)nc21. The van der Waals surface area contributed by atoms with Crippen molar-refractivity contribution in [2.45, 2.75) is 52.2 Å². The van der Waals surface area contributed by atoms with Gasteiger partial charge in [-0.25, -0.2) is 9.18 Å². The molecule has 4 aromatic rings. The summed E-state index contributed by atoms with van der Waals surface area (Å²) in [5.41, 5.74) is 0.490. The Morgan fingerprint density at radius 3 is 2.56 bits per heavy atom. The molecule has 0 aliphatic carbocycles. The number of halogens is 2. The van der Waals surface area contributed by atoms with Crippen LogP contribution in [0.2, 0.25) is 5.28 Å². The Bertz CT molecular complexity index is 1340. The number of nitrogens with one attached hydrogen (secondary N) is 1. The first kappa shape index (κ1) is 21.9. The first-order chi connectivity index (χ1) is 15.5. The van der Waals surface area contributed by atoms with Crippen molar-refractivity contribution in [3.8, 4) is 0 Å². The molecule has 0 bridgehead atoms. The van der Waals surface area contributed by atoms with Crippen LogP contribution in [0.3, 0.4) is 0 Å². The number of nitrogens with zero attached hydrogens (tertiary/aromatic N) is 7. The molecule has 0 amide bonds. The van der Waals surface area contributed by atoms with Crippen LogP contribution in [0.4, 0.5) is 4.39 Å². The molecule has 0 saturated carbocycles. The van der Waals surface area contributed by atoms with Gasteiger partial charge in [0.2, 0.25) is 5.28 Å². The molecule has 0 radical (unpaired) electrons. The Hall–Kier alpha value is -3.34. The molecule has 0 aliphatic rings. The normalized spacial score (nSPS) is 11.5. The molecule has 0 atom stereocenters. The predicted molar refractivity (Wildman–Crippen MR) is 116 cm³/mol. The third-order valence-corrected chi connectivity index (χ3v) is 5.26. The van der Waals surface area contributed by atoms with Crippen LogP contribution in [0.25, 0.3) is 11.2 Å². The third kappa shape index (κ3) is 4.62. The zero-order valence-corrected chi connectivity index (χ0v) is 18.2. The molecular weight excluding hydrogens is 439 g/mol. The molecule has 1 aromatic carbocycles. The minimum atomic E-state index is -0.458. The van der Waals surface area contributed by atoms with E-state index < -0.39 is 11.2 Å². The van der Waals surface area contributed by atoms with Gasteiger partial charge in [0.1, 0.15) is 5.82 Å². The van der Waals surface area contributed by atoms with Gasteiger partial charge in [-0.1, -0.05) is 25.5 Å². The summed E-state index contributed by atoms with van der Waals surface area (Å²) >= 11 is 5.94. The van der Waals surface area contributed by atoms with Crippen LogP contribution in [-0.4, -0.2) is 39.3 Å². The smallest absolute Gasteiger partial charge is 0.323 e. The second-order valence-corrected chi connectivity index (χ2v) is 7.79. The Morgan fingerprint density at radius 1 is 1.06 bits per heavy atom. The van der Waals surface area contributed by atoms with Gasteiger partial charge in [0, 0.05) is 19.5 Å². The van der Waals surface area contributed by atoms with E-state index >= 15 is 0 Å². The van der Waals surface area contributed by atoms with Gasteiger partial charge < -0.3 is 4.98 Å². The average molecular weight is 461 g/mol. The first-order valence-electron chi connectivity index (χ1n) is 10.4. The Balaban J connectivity index is 1.48. The number of hydrogen-bond acceptors (Lipinski definition) is 6. The van der Waals surface area contributed by atoms with Crippen molar-refractivity contribution in [2.24, 2.45) is 0 Å². The minimum Gasteiger partial charge on any atom is -0.323 e. The van der Waals surface area contributed by atoms with E-state index in [0.29, 0.717) is 31.8 Å². The van der Waals surface area contributed by atoms with E-state index in [1.807, 2.05) is 6.92 Å². The van der Waals surface area contributed by atoms with Crippen LogP contribution in [-0.2, 0) is 26.1 Å². The highest BCUT2D eigenvalue weighted by Gasteiger charge is 2.16. The molecule has 3 aromatic heterocycles. The van der Waals surface area contributed by atoms with Crippen LogP contribution in [0.5, 0.6) is 0 Å². The highest BCUT2D eigenvalue weighted by Crippen LogP contribution is 2.11. The maximum absolute atomic E-state index is 13.0. The highest BCUT2D eigenvalue weighted by atomic mass is 35.5. The molecular formula is C20H22ClFN8O2. The van der Waals surface area contributed by atoms with Gasteiger partial charge in [-0.15, -0.1) is 10.2 Å². The summed E-state index contributed by atoms with van der Waals surface area (Å²) < 4.78 is 15.7. The first-order valence-corrected chi connectivity index (χ1v) is 10.7. The minimum absolute atomic E-state index is 0.0694. The number of unbranched alkanes of at least 4 members (excludes halogenated alkanes) is 1. The van der Waals surface area contributed by atoms with E-state index in [1.54, 1.807) is 12.1 Å². The number of H-pyrrole nitrogens is 1. The number of fused-ring (bicyclic) bond motifs is 1. The summed E-state index contributed by atoms with van der Waals surface area (Å²) in [6, 6.07) is 6.11. The average Bonchev–Trinajstić information content (AvgIpc) is 3.38. The molecule has 1 N–H and O–H groups in total. The second kappa shape index (κ2) is 9.43. The van der Waals surface area contributed by atoms with Crippen molar-refractivity contribution in [3.05, 3.63) is 67.6 Å². The fraction of sp³-hybridized carbons (Fsp3) is 0.400. The number of imidazole rings is 1. The Morgan fingerprint density at radius 2 is 1.81 bits per heavy atom. The van der Waals surface area contributed by atoms with E-state index in [9.17, 15) is 14.0 Å². The quantitative estimate of drug-likeness (QED) is 0.382. The molecule has 12 heteroatoms. The summed E-state index contributed by atoms with van der Waals surface area (Å²) in [5.74, 6) is 0.203. The third-order valence-electron chi connectivity index (χ3n) is 5.08. The van der Waals surface area contributed by atoms with Crippen LogP contribution in [0.15, 0.2) is 33.9 Å². The van der Waals surface area contributed by atoms with Crippen molar-refractivity contribution in [3.63, 3.8) is 0 Å². The molecule has 0 fully saturated rings. The number of aromatic nitrogens is 8. The fourth-order valence-electron chi connectivity index (χ4n) is 3.45. The van der Waals surface area contributed by atoms with Gasteiger partial charge in [-0.3, -0.25) is 13.9 Å². The van der Waals surface area contributed by atoms with Gasteiger partial charge in [-0.05, 0) is 47.4 Å². The molecule has 0 aliphatic heterocycles. The van der Waals surface area contributed by atoms with Crippen molar-refractivity contribution < 1.29 is 4.39 Å². The van der Waals surface area contributed by atoms with E-state index in [2.05, 4.69) is 25.4 Å². The second-order valence-electron chi connectivity index (χ2n) is 7.43. The maximum Gasteiger partial charge on any atom is 0.332 e. The zero-order chi connectivity index (χ0) is 22.7. The van der Waals surface area contributed by atoms with Crippen LogP contribution >= 0.6 is 11.6 Å². The molecule has 168 valence electrons. The summed E-state index contributed by atoms with van der Waals surface area (Å²) in [6.45, 7) is 3.03. The number of benzene rings is 1. The van der Waals surface area contributed by atoms with Crippen LogP contribution in [0.1, 0.15) is 37.6 Å². The van der Waals surface area contributed by atoms with Gasteiger partial charge in [0.25, 0.3) is 5.56 Å². The van der Waals surface area contributed by atoms with Crippen molar-refractivity contribution in [2.75, 3.05) is 0 Å². The summed E-state index contributed by atoms with van der Waals surface area (Å²) in [7, 11) is 0.